The summed E-state index contributed by atoms with van der Waals surface area (Å²) in [6.45, 7) is 0. The predicted octanol–water partition coefficient (Wildman–Crippen LogP) is 12.5. The van der Waals surface area contributed by atoms with Gasteiger partial charge in [-0.05, 0) is 53.6 Å². The molecule has 55 heavy (non-hydrogen) atoms. The maximum atomic E-state index is 5.49. The molecule has 0 amide bonds. The van der Waals surface area contributed by atoms with Gasteiger partial charge in [0.2, 0.25) is 5.95 Å². The molecule has 4 aromatic heterocycles. The number of nitrogens with zero attached hydrogens (tertiary/aromatic N) is 5. The lowest BCUT2D eigenvalue weighted by molar-refractivity contribution is 1.000. The fourth-order valence-electron chi connectivity index (χ4n) is 8.24. The molecule has 0 unspecified atom stereocenters. The minimum Gasteiger partial charge on any atom is -0.306 e. The number of hydrogen-bond acceptors (Lipinski definition) is 2. The SMILES string of the molecule is c1ccc(-c2ccc(-c3cc(-c4ccccc4)nc(-n4c5c6ccccc6n(-c6ccccc6)c5c5c4c4ccccc4n5-c4ccccc4)n3)cc2)cc1. The number of benzene rings is 7. The van der Waals surface area contributed by atoms with E-state index in [4.69, 9.17) is 9.97 Å². The summed E-state index contributed by atoms with van der Waals surface area (Å²) >= 11 is 0. The molecule has 0 saturated heterocycles. The van der Waals surface area contributed by atoms with Gasteiger partial charge in [0.15, 0.2) is 0 Å². The van der Waals surface area contributed by atoms with E-state index in [9.17, 15) is 0 Å². The van der Waals surface area contributed by atoms with Gasteiger partial charge in [0.25, 0.3) is 0 Å². The fraction of sp³-hybridized carbons (Fsp3) is 0. The Hall–Kier alpha value is -7.50. The molecular formula is C50H33N5. The summed E-state index contributed by atoms with van der Waals surface area (Å²) in [5.74, 6) is 0.621. The Morgan fingerprint density at radius 2 is 0.655 bits per heavy atom. The minimum atomic E-state index is 0.621. The minimum absolute atomic E-state index is 0.621. The molecule has 0 saturated carbocycles. The number of fused-ring (bicyclic) bond motifs is 7. The third-order valence-electron chi connectivity index (χ3n) is 10.7. The lowest BCUT2D eigenvalue weighted by Gasteiger charge is -2.12. The van der Waals surface area contributed by atoms with Crippen LogP contribution < -0.4 is 0 Å². The highest BCUT2D eigenvalue weighted by molar-refractivity contribution is 6.25. The molecule has 0 bridgehead atoms. The monoisotopic (exact) mass is 703 g/mol. The number of hydrogen-bond donors (Lipinski definition) is 0. The lowest BCUT2D eigenvalue weighted by Crippen LogP contribution is -2.04. The molecule has 5 nitrogen and oxygen atoms in total. The van der Waals surface area contributed by atoms with Crippen molar-refractivity contribution in [2.24, 2.45) is 0 Å². The molecule has 7 aromatic carbocycles. The second kappa shape index (κ2) is 12.6. The first-order valence-electron chi connectivity index (χ1n) is 18.6. The van der Waals surface area contributed by atoms with Gasteiger partial charge in [0.1, 0.15) is 0 Å². The molecule has 11 rings (SSSR count). The summed E-state index contributed by atoms with van der Waals surface area (Å²) in [5, 5.41) is 2.26. The van der Waals surface area contributed by atoms with E-state index in [2.05, 4.69) is 208 Å². The molecule has 0 aliphatic rings. The second-order valence-electron chi connectivity index (χ2n) is 13.9. The standard InChI is InChI=1S/C50H33N5/c1-5-17-34(18-6-1)35-29-31-37(32-30-35)43-33-42(36-19-7-2-8-20-36)51-50(52-43)55-46-40-25-13-15-27-44(40)53(38-21-9-3-10-22-38)48(46)49-47(55)41-26-14-16-28-45(41)54(49)39-23-11-4-12-24-39/h1-33H. The van der Waals surface area contributed by atoms with Gasteiger partial charge in [-0.25, -0.2) is 9.97 Å². The Morgan fingerprint density at radius 3 is 1.15 bits per heavy atom. The molecule has 4 heterocycles. The third kappa shape index (κ3) is 4.94. The van der Waals surface area contributed by atoms with Crippen molar-refractivity contribution in [3.05, 3.63) is 200 Å². The Kier molecular flexibility index (Phi) is 7.10. The van der Waals surface area contributed by atoms with Crippen molar-refractivity contribution >= 4 is 43.9 Å². The molecule has 11 aromatic rings. The van der Waals surface area contributed by atoms with E-state index in [-0.39, 0.29) is 0 Å². The summed E-state index contributed by atoms with van der Waals surface area (Å²) in [6.07, 6.45) is 0. The van der Waals surface area contributed by atoms with Crippen LogP contribution in [0.15, 0.2) is 200 Å². The summed E-state index contributed by atoms with van der Waals surface area (Å²) in [7, 11) is 0. The maximum absolute atomic E-state index is 5.49. The molecule has 0 N–H and O–H groups in total. The van der Waals surface area contributed by atoms with Crippen molar-refractivity contribution in [1.29, 1.82) is 0 Å². The van der Waals surface area contributed by atoms with Crippen LogP contribution in [0.3, 0.4) is 0 Å². The summed E-state index contributed by atoms with van der Waals surface area (Å²) in [6, 6.07) is 70.5. The average molecular weight is 704 g/mol. The maximum Gasteiger partial charge on any atom is 0.235 e. The van der Waals surface area contributed by atoms with E-state index in [1.165, 1.54) is 5.56 Å². The van der Waals surface area contributed by atoms with Crippen LogP contribution in [-0.4, -0.2) is 23.7 Å². The zero-order chi connectivity index (χ0) is 36.3. The highest BCUT2D eigenvalue weighted by Crippen LogP contribution is 2.45. The van der Waals surface area contributed by atoms with Crippen LogP contribution in [0.4, 0.5) is 0 Å². The Morgan fingerprint density at radius 1 is 0.291 bits per heavy atom. The van der Waals surface area contributed by atoms with Gasteiger partial charge < -0.3 is 9.13 Å². The first kappa shape index (κ1) is 31.1. The molecule has 0 fully saturated rings. The first-order chi connectivity index (χ1) is 27.3. The van der Waals surface area contributed by atoms with Gasteiger partial charge in [-0.2, -0.15) is 0 Å². The van der Waals surface area contributed by atoms with Crippen molar-refractivity contribution in [2.75, 3.05) is 0 Å². The quantitative estimate of drug-likeness (QED) is 0.173. The molecular weight excluding hydrogens is 671 g/mol. The molecule has 0 spiro atoms. The van der Waals surface area contributed by atoms with Crippen LogP contribution in [-0.2, 0) is 0 Å². The Labute approximate surface area is 317 Å². The van der Waals surface area contributed by atoms with E-state index in [1.54, 1.807) is 0 Å². The van der Waals surface area contributed by atoms with Crippen molar-refractivity contribution in [2.45, 2.75) is 0 Å². The number of aromatic nitrogens is 5. The summed E-state index contributed by atoms with van der Waals surface area (Å²) in [5.41, 5.74) is 14.9. The van der Waals surface area contributed by atoms with Gasteiger partial charge in [-0.15, -0.1) is 0 Å². The van der Waals surface area contributed by atoms with Crippen LogP contribution >= 0.6 is 0 Å². The van der Waals surface area contributed by atoms with Gasteiger partial charge in [0, 0.05) is 33.3 Å². The largest absolute Gasteiger partial charge is 0.306 e. The summed E-state index contributed by atoms with van der Waals surface area (Å²) < 4.78 is 7.14. The highest BCUT2D eigenvalue weighted by atomic mass is 15.2. The average Bonchev–Trinajstić information content (AvgIpc) is 3.90. The molecule has 0 radical (unpaired) electrons. The molecule has 258 valence electrons. The van der Waals surface area contributed by atoms with E-state index in [0.717, 1.165) is 83.3 Å². The topological polar surface area (TPSA) is 40.6 Å². The van der Waals surface area contributed by atoms with Crippen molar-refractivity contribution < 1.29 is 0 Å². The van der Waals surface area contributed by atoms with Crippen LogP contribution in [0.5, 0.6) is 0 Å². The van der Waals surface area contributed by atoms with E-state index in [0.29, 0.717) is 5.95 Å². The molecule has 0 aliphatic heterocycles. The lowest BCUT2D eigenvalue weighted by atomic mass is 10.0. The molecule has 5 heteroatoms. The van der Waals surface area contributed by atoms with Crippen molar-refractivity contribution in [3.63, 3.8) is 0 Å². The number of rotatable bonds is 6. The fourth-order valence-corrected chi connectivity index (χ4v) is 8.24. The smallest absolute Gasteiger partial charge is 0.235 e. The van der Waals surface area contributed by atoms with Crippen LogP contribution in [0, 0.1) is 0 Å². The third-order valence-corrected chi connectivity index (χ3v) is 10.7. The van der Waals surface area contributed by atoms with E-state index in [1.807, 2.05) is 6.07 Å². The first-order valence-corrected chi connectivity index (χ1v) is 18.6. The number of para-hydroxylation sites is 4. The van der Waals surface area contributed by atoms with E-state index >= 15 is 0 Å². The van der Waals surface area contributed by atoms with Gasteiger partial charge in [0.05, 0.1) is 44.5 Å². The highest BCUT2D eigenvalue weighted by Gasteiger charge is 2.29. The van der Waals surface area contributed by atoms with Gasteiger partial charge >= 0.3 is 0 Å². The van der Waals surface area contributed by atoms with Gasteiger partial charge in [-0.3, -0.25) is 4.57 Å². The Bertz CT molecular complexity index is 3030. The normalized spacial score (nSPS) is 11.6. The van der Waals surface area contributed by atoms with Gasteiger partial charge in [-0.1, -0.05) is 158 Å². The molecule has 0 aliphatic carbocycles. The van der Waals surface area contributed by atoms with Crippen LogP contribution in [0.1, 0.15) is 0 Å². The molecule has 0 atom stereocenters. The predicted molar refractivity (Wildman–Crippen MR) is 226 cm³/mol. The van der Waals surface area contributed by atoms with Crippen LogP contribution in [0.25, 0.3) is 94.8 Å². The summed E-state index contributed by atoms with van der Waals surface area (Å²) in [4.78, 5) is 10.9. The zero-order valence-electron chi connectivity index (χ0n) is 29.8. The zero-order valence-corrected chi connectivity index (χ0v) is 29.8. The Balaban J connectivity index is 1.29. The van der Waals surface area contributed by atoms with Crippen molar-refractivity contribution in [1.82, 2.24) is 23.7 Å². The second-order valence-corrected chi connectivity index (χ2v) is 13.9. The van der Waals surface area contributed by atoms with E-state index < -0.39 is 0 Å². The van der Waals surface area contributed by atoms with Crippen LogP contribution in [0.2, 0.25) is 0 Å². The van der Waals surface area contributed by atoms with Crippen molar-refractivity contribution in [3.8, 4) is 51.0 Å².